The zero-order chi connectivity index (χ0) is 18.5. The average Bonchev–Trinajstić information content (AvgIpc) is 3.36. The van der Waals surface area contributed by atoms with Gasteiger partial charge in [0.05, 0.1) is 0 Å². The molecule has 0 aromatic carbocycles. The van der Waals surface area contributed by atoms with E-state index in [0.717, 1.165) is 55.3 Å². The van der Waals surface area contributed by atoms with Gasteiger partial charge >= 0.3 is 168 Å². The number of rotatable bonds is 6. The van der Waals surface area contributed by atoms with Gasteiger partial charge in [0.1, 0.15) is 0 Å². The van der Waals surface area contributed by atoms with Gasteiger partial charge in [-0.3, -0.25) is 0 Å². The van der Waals surface area contributed by atoms with Gasteiger partial charge in [0.15, 0.2) is 0 Å². The van der Waals surface area contributed by atoms with Gasteiger partial charge in [-0.15, -0.1) is 0 Å². The summed E-state index contributed by atoms with van der Waals surface area (Å²) < 4.78 is 7.82. The number of hydrogen-bond donors (Lipinski definition) is 0. The normalized spacial score (nSPS) is 43.5. The summed E-state index contributed by atoms with van der Waals surface area (Å²) in [5.74, 6) is 5.60. The summed E-state index contributed by atoms with van der Waals surface area (Å²) in [6.45, 7) is 4.60. The molecule has 4 aliphatic rings. The van der Waals surface area contributed by atoms with E-state index >= 15 is 0 Å². The summed E-state index contributed by atoms with van der Waals surface area (Å²) >= 11 is -0.667. The van der Waals surface area contributed by atoms with Gasteiger partial charge in [0.25, 0.3) is 0 Å². The van der Waals surface area contributed by atoms with Crippen LogP contribution in [-0.2, 0) is 9.53 Å². The van der Waals surface area contributed by atoms with Gasteiger partial charge in [0.2, 0.25) is 0 Å². The van der Waals surface area contributed by atoms with E-state index in [4.69, 9.17) is 4.74 Å². The molecule has 150 valence electrons. The van der Waals surface area contributed by atoms with E-state index in [2.05, 4.69) is 23.7 Å². The number of carbonyl (C=O) groups is 1. The van der Waals surface area contributed by atoms with Crippen molar-refractivity contribution in [2.75, 3.05) is 14.3 Å². The summed E-state index contributed by atoms with van der Waals surface area (Å²) in [5.41, 5.74) is -0.107. The van der Waals surface area contributed by atoms with Crippen LogP contribution in [0.2, 0.25) is 0 Å². The van der Waals surface area contributed by atoms with Crippen LogP contribution in [0.15, 0.2) is 0 Å². The second kappa shape index (κ2) is 7.55. The fraction of sp³-hybridized carbons (Fsp3) is 0.957. The Hall–Kier alpha value is 0.200. The molecule has 2 bridgehead atoms. The van der Waals surface area contributed by atoms with Crippen LogP contribution in [0, 0.1) is 41.4 Å². The van der Waals surface area contributed by atoms with Crippen molar-refractivity contribution in [2.45, 2.75) is 77.2 Å². The molecule has 0 aromatic heterocycles. The summed E-state index contributed by atoms with van der Waals surface area (Å²) in [7, 11) is 0. The molecule has 4 saturated carbocycles. The van der Waals surface area contributed by atoms with Crippen LogP contribution in [0.1, 0.15) is 71.6 Å². The first-order valence-corrected chi connectivity index (χ1v) is 17.0. The molecule has 0 heterocycles. The Bertz CT molecular complexity index is 524. The quantitative estimate of drug-likeness (QED) is 0.270. The SMILES string of the molecule is CCC1CC(CI(C)C)C2C3CC(C(=O)OC4(CC)CCCC4)C(C3)C12. The number of esters is 1. The van der Waals surface area contributed by atoms with E-state index < -0.39 is 19.8 Å². The number of alkyl halides is 3. The number of hydrogen-bond acceptors (Lipinski definition) is 2. The molecule has 7 unspecified atom stereocenters. The first kappa shape index (κ1) is 19.5. The number of halogens is 1. The molecule has 0 aliphatic heterocycles. The van der Waals surface area contributed by atoms with Crippen molar-refractivity contribution >= 4 is 25.8 Å². The van der Waals surface area contributed by atoms with Gasteiger partial charge in [0, 0.05) is 0 Å². The standard InChI is InChI=1S/C23H39IO2/c1-5-15-11-17(14-24(3)4)20-16-12-18(21(15)20)19(13-16)22(25)26-23(6-2)9-7-8-10-23/h15-21H,5-14H2,1-4H3. The van der Waals surface area contributed by atoms with E-state index in [1.807, 2.05) is 0 Å². The number of fused-ring (bicyclic) bond motifs is 5. The molecular formula is C23H39IO2. The monoisotopic (exact) mass is 474 g/mol. The fourth-order valence-corrected chi connectivity index (χ4v) is 10.8. The van der Waals surface area contributed by atoms with E-state index in [1.54, 1.807) is 4.43 Å². The van der Waals surface area contributed by atoms with Crippen LogP contribution in [0.25, 0.3) is 0 Å². The molecule has 0 aromatic rings. The second-order valence-electron chi connectivity index (χ2n) is 10.1. The third kappa shape index (κ3) is 3.26. The molecule has 0 amide bonds. The number of ether oxygens (including phenoxy) is 1. The number of carbonyl (C=O) groups excluding carboxylic acids is 1. The van der Waals surface area contributed by atoms with Crippen molar-refractivity contribution in [1.82, 2.24) is 0 Å². The van der Waals surface area contributed by atoms with Crippen molar-refractivity contribution in [3.63, 3.8) is 0 Å². The van der Waals surface area contributed by atoms with Crippen LogP contribution >= 0.6 is 19.8 Å². The van der Waals surface area contributed by atoms with Crippen molar-refractivity contribution in [3.8, 4) is 0 Å². The summed E-state index contributed by atoms with van der Waals surface area (Å²) in [6.07, 6.45) is 11.0. The van der Waals surface area contributed by atoms with Crippen LogP contribution in [0.5, 0.6) is 0 Å². The molecule has 7 atom stereocenters. The topological polar surface area (TPSA) is 26.3 Å². The molecule has 4 aliphatic carbocycles. The Morgan fingerprint density at radius 3 is 2.38 bits per heavy atom. The minimum absolute atomic E-state index is 0.107. The van der Waals surface area contributed by atoms with Crippen LogP contribution < -0.4 is 0 Å². The van der Waals surface area contributed by atoms with E-state index in [1.165, 1.54) is 32.1 Å². The molecule has 4 rings (SSSR count). The van der Waals surface area contributed by atoms with Gasteiger partial charge in [-0.25, -0.2) is 0 Å². The Morgan fingerprint density at radius 1 is 1.04 bits per heavy atom. The first-order chi connectivity index (χ1) is 12.5. The Kier molecular flexibility index (Phi) is 5.67. The predicted molar refractivity (Wildman–Crippen MR) is 117 cm³/mol. The van der Waals surface area contributed by atoms with E-state index in [9.17, 15) is 4.79 Å². The molecule has 4 fully saturated rings. The van der Waals surface area contributed by atoms with Crippen molar-refractivity contribution in [3.05, 3.63) is 0 Å². The second-order valence-corrected chi connectivity index (χ2v) is 16.1. The third-order valence-electron chi connectivity index (χ3n) is 8.64. The van der Waals surface area contributed by atoms with E-state index in [0.29, 0.717) is 5.92 Å². The zero-order valence-electron chi connectivity index (χ0n) is 17.3. The van der Waals surface area contributed by atoms with Crippen molar-refractivity contribution < 1.29 is 9.53 Å². The van der Waals surface area contributed by atoms with Gasteiger partial charge in [-0.2, -0.15) is 0 Å². The van der Waals surface area contributed by atoms with Crippen LogP contribution in [0.4, 0.5) is 0 Å². The molecule has 0 saturated heterocycles. The third-order valence-corrected chi connectivity index (χ3v) is 11.5. The molecule has 0 N–H and O–H groups in total. The van der Waals surface area contributed by atoms with Gasteiger partial charge in [-0.05, 0) is 0 Å². The van der Waals surface area contributed by atoms with Crippen LogP contribution in [0.3, 0.4) is 0 Å². The first-order valence-electron chi connectivity index (χ1n) is 11.2. The van der Waals surface area contributed by atoms with Crippen LogP contribution in [-0.4, -0.2) is 25.9 Å². The zero-order valence-corrected chi connectivity index (χ0v) is 19.5. The average molecular weight is 474 g/mol. The molecule has 26 heavy (non-hydrogen) atoms. The Balaban J connectivity index is 1.47. The maximum absolute atomic E-state index is 13.2. The summed E-state index contributed by atoms with van der Waals surface area (Å²) in [6, 6.07) is 0. The maximum atomic E-state index is 13.2. The fourth-order valence-electron chi connectivity index (χ4n) is 7.62. The molecule has 3 heteroatoms. The van der Waals surface area contributed by atoms with Crippen molar-refractivity contribution in [2.24, 2.45) is 41.4 Å². The summed E-state index contributed by atoms with van der Waals surface area (Å²) in [4.78, 5) is 18.3. The predicted octanol–water partition coefficient (Wildman–Crippen LogP) is 5.95. The minimum atomic E-state index is -0.667. The van der Waals surface area contributed by atoms with Crippen molar-refractivity contribution in [1.29, 1.82) is 0 Å². The van der Waals surface area contributed by atoms with Gasteiger partial charge < -0.3 is 0 Å². The summed E-state index contributed by atoms with van der Waals surface area (Å²) in [5, 5.41) is 0. The Morgan fingerprint density at radius 2 is 1.77 bits per heavy atom. The molecular weight excluding hydrogens is 435 g/mol. The van der Waals surface area contributed by atoms with E-state index in [-0.39, 0.29) is 17.5 Å². The molecule has 0 radical (unpaired) electrons. The Labute approximate surface area is 168 Å². The molecule has 2 nitrogen and oxygen atoms in total. The molecule has 0 spiro atoms. The van der Waals surface area contributed by atoms with Gasteiger partial charge in [-0.1, -0.05) is 0 Å².